The zero-order chi connectivity index (χ0) is 20.9. The number of primary amides is 1. The van der Waals surface area contributed by atoms with Crippen LogP contribution in [0.3, 0.4) is 0 Å². The normalized spacial score (nSPS) is 14.2. The molecule has 30 heavy (non-hydrogen) atoms. The Morgan fingerprint density at radius 3 is 2.37 bits per heavy atom. The first-order valence-electron chi connectivity index (χ1n) is 10.7. The van der Waals surface area contributed by atoms with Gasteiger partial charge in [0.1, 0.15) is 0 Å². The van der Waals surface area contributed by atoms with Gasteiger partial charge in [0.2, 0.25) is 5.91 Å². The van der Waals surface area contributed by atoms with Crippen molar-refractivity contribution >= 4 is 5.91 Å². The molecule has 1 amide bonds. The number of benzene rings is 2. The largest absolute Gasteiger partial charge is 0.366 e. The lowest BCUT2D eigenvalue weighted by molar-refractivity contribution is 0.1000. The summed E-state index contributed by atoms with van der Waals surface area (Å²) in [5.41, 5.74) is 13.0. The minimum atomic E-state index is -0.397. The molecule has 1 aromatic heterocycles. The third-order valence-electron chi connectivity index (χ3n) is 5.89. The van der Waals surface area contributed by atoms with Crippen molar-refractivity contribution in [3.63, 3.8) is 0 Å². The highest BCUT2D eigenvalue weighted by Gasteiger charge is 2.12. The molecule has 0 saturated carbocycles. The molecule has 2 aromatic carbocycles. The lowest BCUT2D eigenvalue weighted by Crippen LogP contribution is -2.18. The molecule has 2 N–H and O–H groups in total. The first-order valence-corrected chi connectivity index (χ1v) is 10.7. The Morgan fingerprint density at radius 1 is 0.967 bits per heavy atom. The van der Waals surface area contributed by atoms with Gasteiger partial charge in [-0.15, -0.1) is 0 Å². The van der Waals surface area contributed by atoms with E-state index in [4.69, 9.17) is 5.73 Å². The SMILES string of the molecule is Cc1ccc(-c2ccc(C(N)=O)cc2CCc2ccc(CN3CCCC3)cc2)nc1. The molecule has 4 nitrogen and oxygen atoms in total. The standard InChI is InChI=1S/C26H29N3O/c1-19-4-13-25(28-17-19)24-12-11-23(26(27)30)16-22(24)10-9-20-5-7-21(8-6-20)18-29-14-2-3-15-29/h4-8,11-13,16-17H,2-3,9-10,14-15,18H2,1H3,(H2,27,30). The molecule has 2 heterocycles. The molecule has 1 fully saturated rings. The highest BCUT2D eigenvalue weighted by molar-refractivity contribution is 5.93. The van der Waals surface area contributed by atoms with Crippen molar-refractivity contribution in [1.82, 2.24) is 9.88 Å². The maximum absolute atomic E-state index is 11.7. The molecule has 3 aromatic rings. The average Bonchev–Trinajstić information content (AvgIpc) is 3.27. The molecule has 1 aliphatic rings. The molecular formula is C26H29N3O. The molecule has 4 heteroatoms. The van der Waals surface area contributed by atoms with E-state index < -0.39 is 5.91 Å². The number of nitrogens with zero attached hydrogens (tertiary/aromatic N) is 2. The lowest BCUT2D eigenvalue weighted by atomic mass is 9.95. The molecule has 154 valence electrons. The van der Waals surface area contributed by atoms with Crippen LogP contribution < -0.4 is 5.73 Å². The smallest absolute Gasteiger partial charge is 0.248 e. The van der Waals surface area contributed by atoms with Gasteiger partial charge in [-0.1, -0.05) is 36.4 Å². The monoisotopic (exact) mass is 399 g/mol. The minimum Gasteiger partial charge on any atom is -0.366 e. The second-order valence-corrected chi connectivity index (χ2v) is 8.26. The molecule has 0 radical (unpaired) electrons. The Morgan fingerprint density at radius 2 is 1.70 bits per heavy atom. The molecule has 0 aliphatic carbocycles. The van der Waals surface area contributed by atoms with Crippen LogP contribution in [0.15, 0.2) is 60.8 Å². The van der Waals surface area contributed by atoms with Gasteiger partial charge >= 0.3 is 0 Å². The van der Waals surface area contributed by atoms with Gasteiger partial charge in [0.05, 0.1) is 5.69 Å². The van der Waals surface area contributed by atoms with Gasteiger partial charge in [-0.25, -0.2) is 0 Å². The quantitative estimate of drug-likeness (QED) is 0.635. The van der Waals surface area contributed by atoms with Gasteiger partial charge in [0.25, 0.3) is 0 Å². The maximum Gasteiger partial charge on any atom is 0.248 e. The summed E-state index contributed by atoms with van der Waals surface area (Å²) < 4.78 is 0. The van der Waals surface area contributed by atoms with Crippen molar-refractivity contribution in [3.8, 4) is 11.3 Å². The van der Waals surface area contributed by atoms with Gasteiger partial charge in [-0.05, 0) is 86.1 Å². The highest BCUT2D eigenvalue weighted by Crippen LogP contribution is 2.25. The Bertz CT molecular complexity index is 1000. The predicted octanol–water partition coefficient (Wildman–Crippen LogP) is 4.54. The molecule has 0 unspecified atom stereocenters. The number of hydrogen-bond acceptors (Lipinski definition) is 3. The zero-order valence-electron chi connectivity index (χ0n) is 17.6. The van der Waals surface area contributed by atoms with E-state index in [0.29, 0.717) is 5.56 Å². The number of hydrogen-bond donors (Lipinski definition) is 1. The maximum atomic E-state index is 11.7. The average molecular weight is 400 g/mol. The van der Waals surface area contributed by atoms with Crippen LogP contribution in [-0.4, -0.2) is 28.9 Å². The topological polar surface area (TPSA) is 59.2 Å². The number of carbonyl (C=O) groups excluding carboxylic acids is 1. The molecule has 1 saturated heterocycles. The summed E-state index contributed by atoms with van der Waals surface area (Å²) in [5, 5.41) is 0. The fourth-order valence-electron chi connectivity index (χ4n) is 4.12. The number of carbonyl (C=O) groups is 1. The first-order chi connectivity index (χ1) is 14.6. The van der Waals surface area contributed by atoms with E-state index in [0.717, 1.165) is 41.8 Å². The van der Waals surface area contributed by atoms with Crippen molar-refractivity contribution in [2.75, 3.05) is 13.1 Å². The predicted molar refractivity (Wildman–Crippen MR) is 121 cm³/mol. The number of pyridine rings is 1. The number of amides is 1. The van der Waals surface area contributed by atoms with Crippen LogP contribution in [0, 0.1) is 6.92 Å². The van der Waals surface area contributed by atoms with Gasteiger partial charge in [-0.3, -0.25) is 14.7 Å². The van der Waals surface area contributed by atoms with Crippen LogP contribution in [0.1, 0.15) is 45.5 Å². The second-order valence-electron chi connectivity index (χ2n) is 8.26. The van der Waals surface area contributed by atoms with Gasteiger partial charge < -0.3 is 5.73 Å². The number of aryl methyl sites for hydroxylation is 3. The zero-order valence-corrected chi connectivity index (χ0v) is 17.6. The van der Waals surface area contributed by atoms with E-state index in [-0.39, 0.29) is 0 Å². The summed E-state index contributed by atoms with van der Waals surface area (Å²) in [6.07, 6.45) is 6.25. The van der Waals surface area contributed by atoms with Gasteiger partial charge in [-0.2, -0.15) is 0 Å². The number of nitrogens with two attached hydrogens (primary N) is 1. The van der Waals surface area contributed by atoms with Crippen LogP contribution in [0.4, 0.5) is 0 Å². The second kappa shape index (κ2) is 9.23. The molecular weight excluding hydrogens is 370 g/mol. The molecule has 0 spiro atoms. The summed E-state index contributed by atoms with van der Waals surface area (Å²) in [5.74, 6) is -0.397. The van der Waals surface area contributed by atoms with E-state index in [9.17, 15) is 4.79 Å². The van der Waals surface area contributed by atoms with E-state index >= 15 is 0 Å². The Labute approximate surface area is 178 Å². The Hall–Kier alpha value is -2.98. The van der Waals surface area contributed by atoms with Crippen LogP contribution in [0.5, 0.6) is 0 Å². The van der Waals surface area contributed by atoms with E-state index in [1.807, 2.05) is 31.3 Å². The Balaban J connectivity index is 1.50. The van der Waals surface area contributed by atoms with Crippen molar-refractivity contribution in [3.05, 3.63) is 88.6 Å². The molecule has 1 aliphatic heterocycles. The van der Waals surface area contributed by atoms with Gasteiger partial charge in [0.15, 0.2) is 0 Å². The van der Waals surface area contributed by atoms with Crippen molar-refractivity contribution in [2.45, 2.75) is 39.2 Å². The van der Waals surface area contributed by atoms with Crippen LogP contribution in [-0.2, 0) is 19.4 Å². The summed E-state index contributed by atoms with van der Waals surface area (Å²) in [6, 6.07) is 18.7. The fourth-order valence-corrected chi connectivity index (χ4v) is 4.12. The Kier molecular flexibility index (Phi) is 6.24. The third-order valence-corrected chi connectivity index (χ3v) is 5.89. The minimum absolute atomic E-state index is 0.397. The van der Waals surface area contributed by atoms with Crippen molar-refractivity contribution in [2.24, 2.45) is 5.73 Å². The number of aromatic nitrogens is 1. The summed E-state index contributed by atoms with van der Waals surface area (Å²) in [4.78, 5) is 18.8. The highest BCUT2D eigenvalue weighted by atomic mass is 16.1. The van der Waals surface area contributed by atoms with Crippen LogP contribution in [0.25, 0.3) is 11.3 Å². The van der Waals surface area contributed by atoms with E-state index in [2.05, 4.69) is 40.2 Å². The molecule has 4 rings (SSSR count). The summed E-state index contributed by atoms with van der Waals surface area (Å²) in [7, 11) is 0. The van der Waals surface area contributed by atoms with Crippen molar-refractivity contribution < 1.29 is 4.79 Å². The molecule has 0 atom stereocenters. The first kappa shape index (κ1) is 20.3. The van der Waals surface area contributed by atoms with E-state index in [1.165, 1.54) is 37.1 Å². The molecule has 0 bridgehead atoms. The number of rotatable bonds is 7. The summed E-state index contributed by atoms with van der Waals surface area (Å²) >= 11 is 0. The lowest BCUT2D eigenvalue weighted by Gasteiger charge is -2.15. The third kappa shape index (κ3) is 4.95. The van der Waals surface area contributed by atoms with Crippen molar-refractivity contribution in [1.29, 1.82) is 0 Å². The number of likely N-dealkylation sites (tertiary alicyclic amines) is 1. The fraction of sp³-hybridized carbons (Fsp3) is 0.308. The van der Waals surface area contributed by atoms with E-state index in [1.54, 1.807) is 6.07 Å². The van der Waals surface area contributed by atoms with Crippen LogP contribution >= 0.6 is 0 Å². The summed E-state index contributed by atoms with van der Waals surface area (Å²) in [6.45, 7) is 5.51. The van der Waals surface area contributed by atoms with Gasteiger partial charge in [0, 0.05) is 23.9 Å². The van der Waals surface area contributed by atoms with Crippen LogP contribution in [0.2, 0.25) is 0 Å².